The van der Waals surface area contributed by atoms with E-state index < -0.39 is 11.7 Å². The molecule has 0 radical (unpaired) electrons. The average molecular weight is 356 g/mol. The number of aromatic amines is 1. The van der Waals surface area contributed by atoms with Gasteiger partial charge in [0.25, 0.3) is 0 Å². The lowest BCUT2D eigenvalue weighted by Gasteiger charge is -2.24. The molecule has 1 aliphatic heterocycles. The minimum Gasteiger partial charge on any atom is -0.355 e. The summed E-state index contributed by atoms with van der Waals surface area (Å²) >= 11 is 0. The number of amides is 2. The number of carbonyl (C=O) groups is 2. The SMILES string of the molecule is O=C1CC(C(=O)NCCc2n[nH]c3c2CCCC3)c2cc(F)ccc2N1. The number of hydrogen-bond acceptors (Lipinski definition) is 3. The zero-order chi connectivity index (χ0) is 18.1. The van der Waals surface area contributed by atoms with Crippen LogP contribution in [0.15, 0.2) is 18.2 Å². The highest BCUT2D eigenvalue weighted by Gasteiger charge is 2.31. The number of nitrogens with one attached hydrogen (secondary N) is 3. The van der Waals surface area contributed by atoms with Gasteiger partial charge in [-0.3, -0.25) is 14.7 Å². The standard InChI is InChI=1S/C19H21FN4O2/c20-11-5-6-15-13(9-11)14(10-18(25)22-15)19(26)21-8-7-17-12-3-1-2-4-16(12)23-24-17/h5-6,9,14H,1-4,7-8,10H2,(H,21,26)(H,22,25)(H,23,24). The van der Waals surface area contributed by atoms with Crippen molar-refractivity contribution in [2.45, 2.75) is 44.4 Å². The number of carbonyl (C=O) groups excluding carboxylic acids is 2. The van der Waals surface area contributed by atoms with Gasteiger partial charge >= 0.3 is 0 Å². The van der Waals surface area contributed by atoms with E-state index >= 15 is 0 Å². The molecule has 1 aromatic heterocycles. The zero-order valence-electron chi connectivity index (χ0n) is 14.4. The van der Waals surface area contributed by atoms with Gasteiger partial charge in [0, 0.05) is 30.8 Å². The Bertz CT molecular complexity index is 861. The summed E-state index contributed by atoms with van der Waals surface area (Å²) in [7, 11) is 0. The third-order valence-electron chi connectivity index (χ3n) is 5.17. The van der Waals surface area contributed by atoms with Gasteiger partial charge in [0.2, 0.25) is 11.8 Å². The number of aromatic nitrogens is 2. The van der Waals surface area contributed by atoms with Crippen molar-refractivity contribution in [2.75, 3.05) is 11.9 Å². The first-order chi connectivity index (χ1) is 12.6. The van der Waals surface area contributed by atoms with Crippen molar-refractivity contribution in [2.24, 2.45) is 0 Å². The van der Waals surface area contributed by atoms with E-state index in [2.05, 4.69) is 20.8 Å². The summed E-state index contributed by atoms with van der Waals surface area (Å²) in [5.41, 5.74) is 4.54. The van der Waals surface area contributed by atoms with Crippen LogP contribution in [0.4, 0.5) is 10.1 Å². The number of benzene rings is 1. The second kappa shape index (κ2) is 6.90. The maximum absolute atomic E-state index is 13.6. The molecule has 1 aromatic carbocycles. The predicted molar refractivity (Wildman–Crippen MR) is 94.3 cm³/mol. The fourth-order valence-corrected chi connectivity index (χ4v) is 3.85. The second-order valence-electron chi connectivity index (χ2n) is 6.91. The lowest BCUT2D eigenvalue weighted by Crippen LogP contribution is -2.36. The van der Waals surface area contributed by atoms with Gasteiger partial charge in [0.1, 0.15) is 5.82 Å². The summed E-state index contributed by atoms with van der Waals surface area (Å²) in [6.45, 7) is 0.443. The van der Waals surface area contributed by atoms with E-state index in [9.17, 15) is 14.0 Å². The highest BCUT2D eigenvalue weighted by Crippen LogP contribution is 2.32. The molecule has 0 fully saturated rings. The van der Waals surface area contributed by atoms with Crippen LogP contribution in [-0.4, -0.2) is 28.6 Å². The Morgan fingerprint density at radius 3 is 3.04 bits per heavy atom. The predicted octanol–water partition coefficient (Wildman–Crippen LogP) is 2.21. The highest BCUT2D eigenvalue weighted by molar-refractivity contribution is 6.01. The van der Waals surface area contributed by atoms with Crippen molar-refractivity contribution in [3.8, 4) is 0 Å². The molecule has 2 amide bonds. The number of fused-ring (bicyclic) bond motifs is 2. The van der Waals surface area contributed by atoms with Crippen molar-refractivity contribution in [3.05, 3.63) is 46.5 Å². The van der Waals surface area contributed by atoms with E-state index in [0.29, 0.717) is 24.2 Å². The third kappa shape index (κ3) is 3.21. The van der Waals surface area contributed by atoms with Crippen LogP contribution >= 0.6 is 0 Å². The summed E-state index contributed by atoms with van der Waals surface area (Å²) in [6.07, 6.45) is 5.10. The third-order valence-corrected chi connectivity index (χ3v) is 5.17. The monoisotopic (exact) mass is 356 g/mol. The van der Waals surface area contributed by atoms with Gasteiger partial charge in [-0.1, -0.05) is 0 Å². The van der Waals surface area contributed by atoms with Crippen molar-refractivity contribution >= 4 is 17.5 Å². The van der Waals surface area contributed by atoms with Crippen molar-refractivity contribution in [1.29, 1.82) is 0 Å². The van der Waals surface area contributed by atoms with E-state index in [1.165, 1.54) is 42.3 Å². The van der Waals surface area contributed by atoms with Crippen LogP contribution in [0.2, 0.25) is 0 Å². The van der Waals surface area contributed by atoms with Crippen LogP contribution in [0.5, 0.6) is 0 Å². The van der Waals surface area contributed by atoms with E-state index in [-0.39, 0.29) is 18.2 Å². The van der Waals surface area contributed by atoms with Gasteiger partial charge in [-0.2, -0.15) is 5.10 Å². The van der Waals surface area contributed by atoms with E-state index in [0.717, 1.165) is 18.5 Å². The fourth-order valence-electron chi connectivity index (χ4n) is 3.85. The molecule has 0 bridgehead atoms. The minimum absolute atomic E-state index is 0.0279. The highest BCUT2D eigenvalue weighted by atomic mass is 19.1. The second-order valence-corrected chi connectivity index (χ2v) is 6.91. The molecule has 1 unspecified atom stereocenters. The van der Waals surface area contributed by atoms with Gasteiger partial charge in [0.05, 0.1) is 11.6 Å². The summed E-state index contributed by atoms with van der Waals surface area (Å²) in [5, 5.41) is 13.0. The van der Waals surface area contributed by atoms with Crippen LogP contribution in [-0.2, 0) is 28.9 Å². The first-order valence-electron chi connectivity index (χ1n) is 9.04. The van der Waals surface area contributed by atoms with Crippen LogP contribution in [0, 0.1) is 5.82 Å². The fraction of sp³-hybridized carbons (Fsp3) is 0.421. The Hall–Kier alpha value is -2.70. The van der Waals surface area contributed by atoms with Crippen molar-refractivity contribution < 1.29 is 14.0 Å². The molecule has 0 saturated heterocycles. The van der Waals surface area contributed by atoms with Gasteiger partial charge in [-0.15, -0.1) is 0 Å². The molecule has 6 nitrogen and oxygen atoms in total. The average Bonchev–Trinajstić information content (AvgIpc) is 3.04. The molecule has 4 rings (SSSR count). The molecule has 2 aromatic rings. The molecule has 2 aliphatic rings. The molecule has 3 N–H and O–H groups in total. The number of hydrogen-bond donors (Lipinski definition) is 3. The van der Waals surface area contributed by atoms with Crippen LogP contribution in [0.25, 0.3) is 0 Å². The lowest BCUT2D eigenvalue weighted by molar-refractivity contribution is -0.126. The molecule has 1 atom stereocenters. The summed E-state index contributed by atoms with van der Waals surface area (Å²) in [6, 6.07) is 4.10. The largest absolute Gasteiger partial charge is 0.355 e. The van der Waals surface area contributed by atoms with Crippen LogP contribution in [0.3, 0.4) is 0 Å². The number of aryl methyl sites for hydroxylation is 1. The molecular formula is C19H21FN4O2. The van der Waals surface area contributed by atoms with Crippen molar-refractivity contribution in [1.82, 2.24) is 15.5 Å². The van der Waals surface area contributed by atoms with Crippen LogP contribution in [0.1, 0.15) is 47.7 Å². The number of anilines is 1. The normalized spacial score (nSPS) is 18.7. The Morgan fingerprint density at radius 1 is 1.31 bits per heavy atom. The topological polar surface area (TPSA) is 86.9 Å². The molecule has 2 heterocycles. The zero-order valence-corrected chi connectivity index (χ0v) is 14.4. The Labute approximate surface area is 150 Å². The first-order valence-corrected chi connectivity index (χ1v) is 9.04. The van der Waals surface area contributed by atoms with Gasteiger partial charge in [-0.25, -0.2) is 4.39 Å². The molecule has 0 saturated carbocycles. The first kappa shape index (κ1) is 16.8. The maximum Gasteiger partial charge on any atom is 0.228 e. The molecular weight excluding hydrogens is 335 g/mol. The summed E-state index contributed by atoms with van der Waals surface area (Å²) in [5.74, 6) is -1.56. The van der Waals surface area contributed by atoms with Crippen molar-refractivity contribution in [3.63, 3.8) is 0 Å². The van der Waals surface area contributed by atoms with E-state index in [1.807, 2.05) is 0 Å². The lowest BCUT2D eigenvalue weighted by atomic mass is 9.89. The molecule has 7 heteroatoms. The molecule has 0 spiro atoms. The maximum atomic E-state index is 13.6. The Balaban J connectivity index is 1.42. The number of H-pyrrole nitrogens is 1. The van der Waals surface area contributed by atoms with Crippen LogP contribution < -0.4 is 10.6 Å². The summed E-state index contributed by atoms with van der Waals surface area (Å²) < 4.78 is 13.6. The number of rotatable bonds is 4. The Kier molecular flexibility index (Phi) is 4.44. The number of halogens is 1. The van der Waals surface area contributed by atoms with E-state index in [1.54, 1.807) is 0 Å². The molecule has 1 aliphatic carbocycles. The quantitative estimate of drug-likeness (QED) is 0.785. The summed E-state index contributed by atoms with van der Waals surface area (Å²) in [4.78, 5) is 24.4. The smallest absolute Gasteiger partial charge is 0.228 e. The van der Waals surface area contributed by atoms with Gasteiger partial charge in [0.15, 0.2) is 0 Å². The Morgan fingerprint density at radius 2 is 2.15 bits per heavy atom. The van der Waals surface area contributed by atoms with Gasteiger partial charge < -0.3 is 10.6 Å². The minimum atomic E-state index is -0.664. The van der Waals surface area contributed by atoms with Gasteiger partial charge in [-0.05, 0) is 55.0 Å². The molecule has 26 heavy (non-hydrogen) atoms. The number of nitrogens with zero attached hydrogens (tertiary/aromatic N) is 1. The van der Waals surface area contributed by atoms with E-state index in [4.69, 9.17) is 0 Å². The molecule has 136 valence electrons.